The van der Waals surface area contributed by atoms with Crippen LogP contribution in [0.3, 0.4) is 0 Å². The molecule has 1 atom stereocenters. The minimum Gasteiger partial charge on any atom is -0.312 e. The van der Waals surface area contributed by atoms with Crippen molar-refractivity contribution in [3.63, 3.8) is 0 Å². The zero-order valence-corrected chi connectivity index (χ0v) is 13.6. The van der Waals surface area contributed by atoms with Gasteiger partial charge < -0.3 is 10.2 Å². The molecule has 4 heteroatoms. The first-order valence-electron chi connectivity index (χ1n) is 7.23. The average molecular weight is 266 g/mol. The van der Waals surface area contributed by atoms with Gasteiger partial charge in [0.2, 0.25) is 0 Å². The molecule has 0 saturated carbocycles. The van der Waals surface area contributed by atoms with E-state index in [4.69, 9.17) is 0 Å². The summed E-state index contributed by atoms with van der Waals surface area (Å²) in [5.41, 5.74) is 1.26. The zero-order valence-electron chi connectivity index (χ0n) is 13.6. The standard InChI is InChI=1S/C15H30N4/c1-8-16-14(15(4,5)18(6)7)11-13-9-10-19(17-13)12(2)3/h9-10,12,14,16H,8,11H2,1-7H3. The normalized spacial score (nSPS) is 14.4. The fourth-order valence-electron chi connectivity index (χ4n) is 2.11. The van der Waals surface area contributed by atoms with E-state index in [0.717, 1.165) is 18.7 Å². The van der Waals surface area contributed by atoms with Crippen LogP contribution >= 0.6 is 0 Å². The van der Waals surface area contributed by atoms with Crippen LogP contribution in [0.4, 0.5) is 0 Å². The van der Waals surface area contributed by atoms with Crippen LogP contribution in [-0.4, -0.2) is 46.9 Å². The van der Waals surface area contributed by atoms with Crippen LogP contribution in [0.25, 0.3) is 0 Å². The topological polar surface area (TPSA) is 33.1 Å². The fraction of sp³-hybridized carbons (Fsp3) is 0.800. The molecule has 0 bridgehead atoms. The highest BCUT2D eigenvalue weighted by atomic mass is 15.3. The molecule has 1 rings (SSSR count). The largest absolute Gasteiger partial charge is 0.312 e. The Labute approximate surface area is 118 Å². The van der Waals surface area contributed by atoms with Crippen molar-refractivity contribution in [2.24, 2.45) is 0 Å². The summed E-state index contributed by atoms with van der Waals surface area (Å²) in [6.45, 7) is 12.0. The van der Waals surface area contributed by atoms with Crippen LogP contribution in [0, 0.1) is 0 Å². The quantitative estimate of drug-likeness (QED) is 0.822. The molecule has 0 aliphatic heterocycles. The zero-order chi connectivity index (χ0) is 14.6. The summed E-state index contributed by atoms with van der Waals surface area (Å²) in [7, 11) is 4.27. The van der Waals surface area contributed by atoms with Gasteiger partial charge in [0, 0.05) is 30.2 Å². The summed E-state index contributed by atoms with van der Waals surface area (Å²) in [5, 5.41) is 8.26. The molecular weight excluding hydrogens is 236 g/mol. The van der Waals surface area contributed by atoms with Crippen molar-refractivity contribution in [3.8, 4) is 0 Å². The number of rotatable bonds is 7. The van der Waals surface area contributed by atoms with E-state index in [1.165, 1.54) is 0 Å². The number of nitrogens with one attached hydrogen (secondary N) is 1. The fourth-order valence-corrected chi connectivity index (χ4v) is 2.11. The van der Waals surface area contributed by atoms with Crippen molar-refractivity contribution in [1.82, 2.24) is 20.0 Å². The first kappa shape index (κ1) is 16.2. The lowest BCUT2D eigenvalue weighted by molar-refractivity contribution is 0.137. The highest BCUT2D eigenvalue weighted by Crippen LogP contribution is 2.19. The van der Waals surface area contributed by atoms with Gasteiger partial charge in [0.25, 0.3) is 0 Å². The molecule has 0 saturated heterocycles. The summed E-state index contributed by atoms with van der Waals surface area (Å²) >= 11 is 0. The van der Waals surface area contributed by atoms with Crippen LogP contribution < -0.4 is 5.32 Å². The monoisotopic (exact) mass is 266 g/mol. The van der Waals surface area contributed by atoms with Gasteiger partial charge in [-0.2, -0.15) is 5.10 Å². The van der Waals surface area contributed by atoms with E-state index >= 15 is 0 Å². The van der Waals surface area contributed by atoms with Gasteiger partial charge in [0.1, 0.15) is 0 Å². The molecule has 1 aromatic rings. The van der Waals surface area contributed by atoms with E-state index in [-0.39, 0.29) is 5.54 Å². The molecule has 4 nitrogen and oxygen atoms in total. The van der Waals surface area contributed by atoms with Crippen molar-refractivity contribution in [3.05, 3.63) is 18.0 Å². The minimum absolute atomic E-state index is 0.0949. The Bertz CT molecular complexity index is 379. The Morgan fingerprint density at radius 1 is 1.37 bits per heavy atom. The van der Waals surface area contributed by atoms with Gasteiger partial charge in [-0.05, 0) is 54.4 Å². The Kier molecular flexibility index (Phi) is 5.56. The van der Waals surface area contributed by atoms with E-state index in [9.17, 15) is 0 Å². The molecule has 0 aliphatic rings. The van der Waals surface area contributed by atoms with E-state index in [0.29, 0.717) is 12.1 Å². The van der Waals surface area contributed by atoms with E-state index < -0.39 is 0 Å². The number of likely N-dealkylation sites (N-methyl/N-ethyl adjacent to an activating group) is 2. The molecule has 1 N–H and O–H groups in total. The van der Waals surface area contributed by atoms with Gasteiger partial charge in [0.05, 0.1) is 5.69 Å². The summed E-state index contributed by atoms with van der Waals surface area (Å²) in [6.07, 6.45) is 3.03. The molecule has 0 amide bonds. The van der Waals surface area contributed by atoms with Gasteiger partial charge in [-0.25, -0.2) is 0 Å². The lowest BCUT2D eigenvalue weighted by Crippen LogP contribution is -2.56. The molecule has 0 aliphatic carbocycles. The summed E-state index contributed by atoms with van der Waals surface area (Å²) in [4.78, 5) is 2.28. The smallest absolute Gasteiger partial charge is 0.0640 e. The van der Waals surface area contributed by atoms with Gasteiger partial charge in [-0.15, -0.1) is 0 Å². The Morgan fingerprint density at radius 2 is 2.00 bits per heavy atom. The second kappa shape index (κ2) is 6.53. The van der Waals surface area contributed by atoms with Crippen molar-refractivity contribution >= 4 is 0 Å². The molecule has 0 spiro atoms. The van der Waals surface area contributed by atoms with Crippen molar-refractivity contribution in [2.75, 3.05) is 20.6 Å². The second-order valence-corrected chi connectivity index (χ2v) is 6.24. The molecular formula is C15H30N4. The second-order valence-electron chi connectivity index (χ2n) is 6.24. The minimum atomic E-state index is 0.0949. The third-order valence-electron chi connectivity index (χ3n) is 4.06. The number of nitrogens with zero attached hydrogens (tertiary/aromatic N) is 3. The third kappa shape index (κ3) is 4.05. The van der Waals surface area contributed by atoms with E-state index in [1.807, 2.05) is 4.68 Å². The molecule has 1 heterocycles. The SMILES string of the molecule is CCNC(Cc1ccn(C(C)C)n1)C(C)(C)N(C)C. The Morgan fingerprint density at radius 3 is 2.42 bits per heavy atom. The maximum atomic E-state index is 4.66. The molecule has 19 heavy (non-hydrogen) atoms. The van der Waals surface area contributed by atoms with Crippen LogP contribution in [0.15, 0.2) is 12.3 Å². The van der Waals surface area contributed by atoms with Gasteiger partial charge in [0.15, 0.2) is 0 Å². The Hall–Kier alpha value is -0.870. The van der Waals surface area contributed by atoms with Crippen LogP contribution in [0.2, 0.25) is 0 Å². The molecule has 1 aromatic heterocycles. The van der Waals surface area contributed by atoms with Crippen LogP contribution in [0.5, 0.6) is 0 Å². The number of hydrogen-bond acceptors (Lipinski definition) is 3. The predicted molar refractivity (Wildman–Crippen MR) is 81.5 cm³/mol. The van der Waals surface area contributed by atoms with Crippen molar-refractivity contribution in [1.29, 1.82) is 0 Å². The first-order valence-corrected chi connectivity index (χ1v) is 7.23. The summed E-state index contributed by atoms with van der Waals surface area (Å²) in [5.74, 6) is 0. The first-order chi connectivity index (χ1) is 8.78. The van der Waals surface area contributed by atoms with E-state index in [1.54, 1.807) is 0 Å². The van der Waals surface area contributed by atoms with Crippen molar-refractivity contribution in [2.45, 2.75) is 58.7 Å². The lowest BCUT2D eigenvalue weighted by atomic mass is 9.89. The summed E-state index contributed by atoms with van der Waals surface area (Å²) < 4.78 is 2.03. The third-order valence-corrected chi connectivity index (χ3v) is 4.06. The maximum Gasteiger partial charge on any atom is 0.0640 e. The molecule has 0 radical (unpaired) electrons. The number of hydrogen-bond donors (Lipinski definition) is 1. The predicted octanol–water partition coefficient (Wildman–Crippen LogP) is 2.32. The average Bonchev–Trinajstić information content (AvgIpc) is 2.77. The maximum absolute atomic E-state index is 4.66. The molecule has 0 aromatic carbocycles. The highest BCUT2D eigenvalue weighted by molar-refractivity contribution is 5.06. The lowest BCUT2D eigenvalue weighted by Gasteiger charge is -2.40. The highest BCUT2D eigenvalue weighted by Gasteiger charge is 2.31. The van der Waals surface area contributed by atoms with Gasteiger partial charge >= 0.3 is 0 Å². The van der Waals surface area contributed by atoms with E-state index in [2.05, 4.69) is 76.3 Å². The number of aromatic nitrogens is 2. The van der Waals surface area contributed by atoms with Crippen LogP contribution in [0.1, 0.15) is 46.4 Å². The molecule has 0 fully saturated rings. The molecule has 1 unspecified atom stereocenters. The Balaban J connectivity index is 2.83. The summed E-state index contributed by atoms with van der Waals surface area (Å²) in [6, 6.07) is 2.95. The van der Waals surface area contributed by atoms with Gasteiger partial charge in [-0.3, -0.25) is 4.68 Å². The van der Waals surface area contributed by atoms with Gasteiger partial charge in [-0.1, -0.05) is 6.92 Å². The van der Waals surface area contributed by atoms with Crippen LogP contribution in [-0.2, 0) is 6.42 Å². The van der Waals surface area contributed by atoms with Crippen molar-refractivity contribution < 1.29 is 0 Å². The molecule has 110 valence electrons.